The van der Waals surface area contributed by atoms with Crippen molar-refractivity contribution in [2.45, 2.75) is 25.8 Å². The number of halogens is 1. The molecule has 0 radical (unpaired) electrons. The molecule has 1 aliphatic rings. The predicted octanol–water partition coefficient (Wildman–Crippen LogP) is 3.16. The second kappa shape index (κ2) is 7.13. The van der Waals surface area contributed by atoms with E-state index in [1.807, 2.05) is 12.1 Å². The van der Waals surface area contributed by atoms with E-state index in [1.54, 1.807) is 0 Å². The summed E-state index contributed by atoms with van der Waals surface area (Å²) in [5.74, 6) is 0.854. The largest absolute Gasteiger partial charge is 0.316 e. The van der Waals surface area contributed by atoms with Crippen LogP contribution in [0.1, 0.15) is 24.8 Å². The van der Waals surface area contributed by atoms with Crippen LogP contribution in [0.2, 0.25) is 5.02 Å². The first-order valence-corrected chi connectivity index (χ1v) is 7.26. The summed E-state index contributed by atoms with van der Waals surface area (Å²) >= 11 is 6.18. The Morgan fingerprint density at radius 3 is 2.94 bits per heavy atom. The lowest BCUT2D eigenvalue weighted by Gasteiger charge is -2.25. The number of nitrogens with one attached hydrogen (secondary N) is 1. The Bertz CT molecular complexity index is 361. The van der Waals surface area contributed by atoms with Crippen molar-refractivity contribution in [2.24, 2.45) is 5.92 Å². The van der Waals surface area contributed by atoms with E-state index in [4.69, 9.17) is 11.6 Å². The van der Waals surface area contributed by atoms with E-state index in [2.05, 4.69) is 29.4 Å². The topological polar surface area (TPSA) is 15.3 Å². The molecule has 1 aromatic carbocycles. The van der Waals surface area contributed by atoms with Crippen LogP contribution in [0, 0.1) is 5.92 Å². The molecular formula is C15H23ClN2. The van der Waals surface area contributed by atoms with Gasteiger partial charge in [-0.25, -0.2) is 0 Å². The molecule has 0 amide bonds. The molecule has 1 atom stereocenters. The van der Waals surface area contributed by atoms with Gasteiger partial charge in [0.2, 0.25) is 0 Å². The maximum Gasteiger partial charge on any atom is 0.0451 e. The zero-order chi connectivity index (χ0) is 12.8. The molecule has 1 aromatic rings. The lowest BCUT2D eigenvalue weighted by molar-refractivity contribution is 0.268. The third kappa shape index (κ3) is 4.27. The van der Waals surface area contributed by atoms with Gasteiger partial charge >= 0.3 is 0 Å². The van der Waals surface area contributed by atoms with Crippen molar-refractivity contribution >= 4 is 11.6 Å². The van der Waals surface area contributed by atoms with Crippen molar-refractivity contribution in [2.75, 3.05) is 26.7 Å². The SMILES string of the molecule is CN(CCC1CCCNC1)Cc1ccccc1Cl. The van der Waals surface area contributed by atoms with Gasteiger partial charge in [-0.15, -0.1) is 0 Å². The summed E-state index contributed by atoms with van der Waals surface area (Å²) in [7, 11) is 2.18. The van der Waals surface area contributed by atoms with Crippen LogP contribution in [-0.2, 0) is 6.54 Å². The minimum atomic E-state index is 0.854. The van der Waals surface area contributed by atoms with Crippen molar-refractivity contribution in [3.8, 4) is 0 Å². The van der Waals surface area contributed by atoms with E-state index in [9.17, 15) is 0 Å². The summed E-state index contributed by atoms with van der Waals surface area (Å²) in [4.78, 5) is 2.37. The molecule has 2 nitrogen and oxygen atoms in total. The van der Waals surface area contributed by atoms with Crippen LogP contribution < -0.4 is 5.32 Å². The first kappa shape index (κ1) is 13.9. The smallest absolute Gasteiger partial charge is 0.0451 e. The van der Waals surface area contributed by atoms with Crippen molar-refractivity contribution in [3.63, 3.8) is 0 Å². The lowest BCUT2D eigenvalue weighted by atomic mass is 9.96. The summed E-state index contributed by atoms with van der Waals surface area (Å²) in [5, 5.41) is 4.36. The van der Waals surface area contributed by atoms with E-state index in [-0.39, 0.29) is 0 Å². The van der Waals surface area contributed by atoms with Gasteiger partial charge in [0.05, 0.1) is 0 Å². The zero-order valence-corrected chi connectivity index (χ0v) is 11.9. The highest BCUT2D eigenvalue weighted by Crippen LogP contribution is 2.18. The van der Waals surface area contributed by atoms with Crippen LogP contribution in [0.5, 0.6) is 0 Å². The fraction of sp³-hybridized carbons (Fsp3) is 0.600. The molecule has 2 rings (SSSR count). The summed E-state index contributed by atoms with van der Waals surface area (Å²) < 4.78 is 0. The molecule has 1 fully saturated rings. The van der Waals surface area contributed by atoms with Gasteiger partial charge in [0.15, 0.2) is 0 Å². The summed E-state index contributed by atoms with van der Waals surface area (Å²) in [6.45, 7) is 4.49. The minimum absolute atomic E-state index is 0.854. The van der Waals surface area contributed by atoms with E-state index in [1.165, 1.54) is 37.9 Å². The van der Waals surface area contributed by atoms with Crippen LogP contribution in [-0.4, -0.2) is 31.6 Å². The molecule has 1 N–H and O–H groups in total. The van der Waals surface area contributed by atoms with Gasteiger partial charge in [-0.1, -0.05) is 29.8 Å². The maximum atomic E-state index is 6.18. The molecule has 0 spiro atoms. The second-order valence-electron chi connectivity index (χ2n) is 5.33. The average Bonchev–Trinajstić information content (AvgIpc) is 2.40. The highest BCUT2D eigenvalue weighted by molar-refractivity contribution is 6.31. The molecular weight excluding hydrogens is 244 g/mol. The Hall–Kier alpha value is -0.570. The fourth-order valence-corrected chi connectivity index (χ4v) is 2.77. The quantitative estimate of drug-likeness (QED) is 0.881. The van der Waals surface area contributed by atoms with E-state index < -0.39 is 0 Å². The highest BCUT2D eigenvalue weighted by atomic mass is 35.5. The molecule has 1 aliphatic heterocycles. The minimum Gasteiger partial charge on any atom is -0.316 e. The van der Waals surface area contributed by atoms with Gasteiger partial charge in [0.1, 0.15) is 0 Å². The maximum absolute atomic E-state index is 6.18. The molecule has 1 heterocycles. The second-order valence-corrected chi connectivity index (χ2v) is 5.74. The third-order valence-corrected chi connectivity index (χ3v) is 4.08. The summed E-state index contributed by atoms with van der Waals surface area (Å²) in [5.41, 5.74) is 1.23. The summed E-state index contributed by atoms with van der Waals surface area (Å²) in [6.07, 6.45) is 4.00. The van der Waals surface area contributed by atoms with E-state index >= 15 is 0 Å². The molecule has 1 saturated heterocycles. The van der Waals surface area contributed by atoms with Crippen LogP contribution in [0.25, 0.3) is 0 Å². The van der Waals surface area contributed by atoms with Gasteiger partial charge in [0.25, 0.3) is 0 Å². The summed E-state index contributed by atoms with van der Waals surface area (Å²) in [6, 6.07) is 8.12. The molecule has 100 valence electrons. The van der Waals surface area contributed by atoms with Gasteiger partial charge < -0.3 is 10.2 Å². The first-order chi connectivity index (χ1) is 8.75. The Labute approximate surface area is 115 Å². The molecule has 0 aromatic heterocycles. The highest BCUT2D eigenvalue weighted by Gasteiger charge is 2.13. The predicted molar refractivity (Wildman–Crippen MR) is 78.0 cm³/mol. The standard InChI is InChI=1S/C15H23ClN2/c1-18(10-8-13-5-4-9-17-11-13)12-14-6-2-3-7-15(14)16/h2-3,6-7,13,17H,4-5,8-12H2,1H3. The number of nitrogens with zero attached hydrogens (tertiary/aromatic N) is 1. The van der Waals surface area contributed by atoms with Gasteiger partial charge in [0, 0.05) is 11.6 Å². The molecule has 3 heteroatoms. The van der Waals surface area contributed by atoms with Crippen LogP contribution >= 0.6 is 11.6 Å². The molecule has 18 heavy (non-hydrogen) atoms. The molecule has 0 saturated carbocycles. The van der Waals surface area contributed by atoms with Crippen molar-refractivity contribution in [3.05, 3.63) is 34.9 Å². The van der Waals surface area contributed by atoms with Crippen LogP contribution in [0.4, 0.5) is 0 Å². The number of hydrogen-bond acceptors (Lipinski definition) is 2. The molecule has 0 bridgehead atoms. The first-order valence-electron chi connectivity index (χ1n) is 6.88. The van der Waals surface area contributed by atoms with Crippen LogP contribution in [0.15, 0.2) is 24.3 Å². The number of piperidine rings is 1. The zero-order valence-electron chi connectivity index (χ0n) is 11.2. The van der Waals surface area contributed by atoms with Crippen molar-refractivity contribution in [1.82, 2.24) is 10.2 Å². The molecule has 1 unspecified atom stereocenters. The van der Waals surface area contributed by atoms with Crippen molar-refractivity contribution < 1.29 is 0 Å². The van der Waals surface area contributed by atoms with Crippen LogP contribution in [0.3, 0.4) is 0 Å². The Balaban J connectivity index is 1.74. The molecule has 0 aliphatic carbocycles. The van der Waals surface area contributed by atoms with Gasteiger partial charge in [-0.3, -0.25) is 0 Å². The Morgan fingerprint density at radius 2 is 2.22 bits per heavy atom. The van der Waals surface area contributed by atoms with E-state index in [0.29, 0.717) is 0 Å². The third-order valence-electron chi connectivity index (χ3n) is 3.72. The monoisotopic (exact) mass is 266 g/mol. The number of hydrogen-bond donors (Lipinski definition) is 1. The number of rotatable bonds is 5. The normalized spacial score (nSPS) is 20.3. The number of benzene rings is 1. The lowest BCUT2D eigenvalue weighted by Crippen LogP contribution is -2.32. The fourth-order valence-electron chi connectivity index (χ4n) is 2.57. The van der Waals surface area contributed by atoms with Gasteiger partial charge in [-0.05, 0) is 63.5 Å². The van der Waals surface area contributed by atoms with Crippen molar-refractivity contribution in [1.29, 1.82) is 0 Å². The Morgan fingerprint density at radius 1 is 1.39 bits per heavy atom. The van der Waals surface area contributed by atoms with Gasteiger partial charge in [-0.2, -0.15) is 0 Å². The average molecular weight is 267 g/mol. The van der Waals surface area contributed by atoms with E-state index in [0.717, 1.165) is 24.0 Å². The Kier molecular flexibility index (Phi) is 5.48.